The molecule has 108 valence electrons. The maximum Gasteiger partial charge on any atom is 0.329 e. The molecule has 0 aliphatic carbocycles. The highest BCUT2D eigenvalue weighted by molar-refractivity contribution is 7.99. The van der Waals surface area contributed by atoms with E-state index in [-0.39, 0.29) is 17.8 Å². The van der Waals surface area contributed by atoms with Crippen LogP contribution in [-0.4, -0.2) is 60.6 Å². The number of piperidine rings is 1. The minimum absolute atomic E-state index is 0.0220. The van der Waals surface area contributed by atoms with Gasteiger partial charge in [-0.05, 0) is 26.3 Å². The molecule has 5 nitrogen and oxygen atoms in total. The van der Waals surface area contributed by atoms with Gasteiger partial charge in [-0.3, -0.25) is 4.79 Å². The predicted molar refractivity (Wildman–Crippen MR) is 75.1 cm³/mol. The number of ether oxygens (including phenoxy) is 1. The van der Waals surface area contributed by atoms with Gasteiger partial charge in [0, 0.05) is 24.6 Å². The first-order chi connectivity index (χ1) is 9.24. The van der Waals surface area contributed by atoms with E-state index in [4.69, 9.17) is 4.74 Å². The molecule has 6 heteroatoms. The fourth-order valence-corrected chi connectivity index (χ4v) is 3.63. The maximum atomic E-state index is 12.5. The van der Waals surface area contributed by atoms with Crippen LogP contribution in [0.5, 0.6) is 0 Å². The Hall–Kier alpha value is -0.750. The Morgan fingerprint density at radius 2 is 2.32 bits per heavy atom. The van der Waals surface area contributed by atoms with Gasteiger partial charge < -0.3 is 15.0 Å². The van der Waals surface area contributed by atoms with Crippen LogP contribution in [0.15, 0.2) is 0 Å². The second kappa shape index (κ2) is 7.14. The van der Waals surface area contributed by atoms with E-state index in [2.05, 4.69) is 5.32 Å². The molecule has 2 atom stereocenters. The third-order valence-electron chi connectivity index (χ3n) is 3.62. The van der Waals surface area contributed by atoms with E-state index in [0.717, 1.165) is 31.7 Å². The standard InChI is InChI=1S/C13H22N2O3S/c1-2-18-13(17)11-9-19-7-6-15(11)12(16)10-4-3-5-14-8-10/h10-11,14H,2-9H2,1H3/t10-,11?/m1/s1. The van der Waals surface area contributed by atoms with Crippen LogP contribution in [0.25, 0.3) is 0 Å². The molecule has 2 aliphatic heterocycles. The van der Waals surface area contributed by atoms with E-state index in [9.17, 15) is 9.59 Å². The number of carbonyl (C=O) groups is 2. The van der Waals surface area contributed by atoms with E-state index in [1.54, 1.807) is 23.6 Å². The van der Waals surface area contributed by atoms with Gasteiger partial charge in [-0.2, -0.15) is 11.8 Å². The summed E-state index contributed by atoms with van der Waals surface area (Å²) in [6, 6.07) is -0.395. The van der Waals surface area contributed by atoms with Crippen molar-refractivity contribution in [3.63, 3.8) is 0 Å². The second-order valence-corrected chi connectivity index (χ2v) is 6.07. The summed E-state index contributed by atoms with van der Waals surface area (Å²) in [6.07, 6.45) is 1.95. The molecular weight excluding hydrogens is 264 g/mol. The summed E-state index contributed by atoms with van der Waals surface area (Å²) >= 11 is 1.71. The molecule has 0 saturated carbocycles. The average molecular weight is 286 g/mol. The smallest absolute Gasteiger partial charge is 0.329 e. The third-order valence-corrected chi connectivity index (χ3v) is 4.64. The van der Waals surface area contributed by atoms with Crippen molar-refractivity contribution in [3.05, 3.63) is 0 Å². The van der Waals surface area contributed by atoms with Crippen molar-refractivity contribution in [2.24, 2.45) is 5.92 Å². The number of hydrogen-bond donors (Lipinski definition) is 1. The van der Waals surface area contributed by atoms with Crippen LogP contribution in [0.1, 0.15) is 19.8 Å². The molecule has 2 fully saturated rings. The number of rotatable bonds is 3. The van der Waals surface area contributed by atoms with Crippen LogP contribution in [0, 0.1) is 5.92 Å². The normalized spacial score (nSPS) is 27.9. The molecule has 2 heterocycles. The summed E-state index contributed by atoms with van der Waals surface area (Å²) in [5.41, 5.74) is 0. The van der Waals surface area contributed by atoms with Crippen molar-refractivity contribution in [1.29, 1.82) is 0 Å². The number of nitrogens with one attached hydrogen (secondary N) is 1. The molecule has 0 spiro atoms. The number of carbonyl (C=O) groups excluding carboxylic acids is 2. The van der Waals surface area contributed by atoms with Gasteiger partial charge in [0.15, 0.2) is 0 Å². The van der Waals surface area contributed by atoms with Crippen molar-refractivity contribution in [3.8, 4) is 0 Å². The van der Waals surface area contributed by atoms with Gasteiger partial charge in [-0.15, -0.1) is 0 Å². The molecule has 0 aromatic carbocycles. The van der Waals surface area contributed by atoms with E-state index in [1.165, 1.54) is 0 Å². The van der Waals surface area contributed by atoms with Gasteiger partial charge in [-0.1, -0.05) is 0 Å². The monoisotopic (exact) mass is 286 g/mol. The lowest BCUT2D eigenvalue weighted by molar-refractivity contribution is -0.155. The lowest BCUT2D eigenvalue weighted by atomic mass is 9.97. The predicted octanol–water partition coefficient (Wildman–Crippen LogP) is 0.493. The molecule has 0 aromatic heterocycles. The Morgan fingerprint density at radius 1 is 1.47 bits per heavy atom. The molecule has 2 rings (SSSR count). The fourth-order valence-electron chi connectivity index (χ4n) is 2.60. The first-order valence-electron chi connectivity index (χ1n) is 6.99. The van der Waals surface area contributed by atoms with Gasteiger partial charge in [0.25, 0.3) is 0 Å². The van der Waals surface area contributed by atoms with E-state index in [1.807, 2.05) is 0 Å². The summed E-state index contributed by atoms with van der Waals surface area (Å²) in [6.45, 7) is 4.54. The zero-order valence-electron chi connectivity index (χ0n) is 11.4. The van der Waals surface area contributed by atoms with Crippen LogP contribution in [-0.2, 0) is 14.3 Å². The fraction of sp³-hybridized carbons (Fsp3) is 0.846. The van der Waals surface area contributed by atoms with E-state index in [0.29, 0.717) is 18.9 Å². The summed E-state index contributed by atoms with van der Waals surface area (Å²) in [4.78, 5) is 26.2. The number of thioether (sulfide) groups is 1. The number of nitrogens with zero attached hydrogens (tertiary/aromatic N) is 1. The Labute approximate surface area is 118 Å². The first kappa shape index (κ1) is 14.7. The largest absolute Gasteiger partial charge is 0.464 e. The molecular formula is C13H22N2O3S. The van der Waals surface area contributed by atoms with Gasteiger partial charge in [0.1, 0.15) is 6.04 Å². The van der Waals surface area contributed by atoms with Crippen molar-refractivity contribution < 1.29 is 14.3 Å². The van der Waals surface area contributed by atoms with Gasteiger partial charge in [0.2, 0.25) is 5.91 Å². The summed E-state index contributed by atoms with van der Waals surface area (Å²) in [5.74, 6) is 1.44. The lowest BCUT2D eigenvalue weighted by Crippen LogP contribution is -2.54. The number of amides is 1. The second-order valence-electron chi connectivity index (χ2n) is 4.92. The number of esters is 1. The quantitative estimate of drug-likeness (QED) is 0.765. The number of hydrogen-bond acceptors (Lipinski definition) is 5. The average Bonchev–Trinajstić information content (AvgIpc) is 2.47. The van der Waals surface area contributed by atoms with Crippen molar-refractivity contribution in [1.82, 2.24) is 10.2 Å². The van der Waals surface area contributed by atoms with Gasteiger partial charge in [-0.25, -0.2) is 4.79 Å². The molecule has 0 radical (unpaired) electrons. The Balaban J connectivity index is 2.01. The summed E-state index contributed by atoms with van der Waals surface area (Å²) in [5, 5.41) is 3.26. The van der Waals surface area contributed by atoms with Crippen molar-refractivity contribution in [2.75, 3.05) is 37.7 Å². The molecule has 1 unspecified atom stereocenters. The highest BCUT2D eigenvalue weighted by atomic mass is 32.2. The van der Waals surface area contributed by atoms with Crippen LogP contribution < -0.4 is 5.32 Å². The highest BCUT2D eigenvalue weighted by Gasteiger charge is 2.36. The molecule has 0 bridgehead atoms. The van der Waals surface area contributed by atoms with E-state index >= 15 is 0 Å². The van der Waals surface area contributed by atoms with Crippen LogP contribution in [0.4, 0.5) is 0 Å². The maximum absolute atomic E-state index is 12.5. The zero-order valence-corrected chi connectivity index (χ0v) is 12.2. The molecule has 1 amide bonds. The Kier molecular flexibility index (Phi) is 5.51. The van der Waals surface area contributed by atoms with Crippen molar-refractivity contribution >= 4 is 23.6 Å². The van der Waals surface area contributed by atoms with Crippen LogP contribution in [0.3, 0.4) is 0 Å². The molecule has 2 saturated heterocycles. The zero-order chi connectivity index (χ0) is 13.7. The highest BCUT2D eigenvalue weighted by Crippen LogP contribution is 2.22. The molecule has 1 N–H and O–H groups in total. The lowest BCUT2D eigenvalue weighted by Gasteiger charge is -2.36. The minimum atomic E-state index is -0.395. The van der Waals surface area contributed by atoms with E-state index < -0.39 is 6.04 Å². The Morgan fingerprint density at radius 3 is 3.00 bits per heavy atom. The van der Waals surface area contributed by atoms with Crippen LogP contribution in [0.2, 0.25) is 0 Å². The van der Waals surface area contributed by atoms with Gasteiger partial charge in [0.05, 0.1) is 12.5 Å². The topological polar surface area (TPSA) is 58.6 Å². The minimum Gasteiger partial charge on any atom is -0.464 e. The summed E-state index contributed by atoms with van der Waals surface area (Å²) < 4.78 is 5.09. The van der Waals surface area contributed by atoms with Crippen LogP contribution >= 0.6 is 11.8 Å². The first-order valence-corrected chi connectivity index (χ1v) is 8.15. The molecule has 0 aromatic rings. The third kappa shape index (κ3) is 3.63. The molecule has 2 aliphatic rings. The van der Waals surface area contributed by atoms with Gasteiger partial charge >= 0.3 is 5.97 Å². The van der Waals surface area contributed by atoms with Crippen molar-refractivity contribution in [2.45, 2.75) is 25.8 Å². The SMILES string of the molecule is CCOC(=O)C1CSCCN1C(=O)[C@@H]1CCCNC1. The molecule has 19 heavy (non-hydrogen) atoms. The Bertz CT molecular complexity index is 332. The summed E-state index contributed by atoms with van der Waals surface area (Å²) in [7, 11) is 0.